The normalized spacial score (nSPS) is 46.6. The molecule has 0 aromatic heterocycles. The molecule has 0 unspecified atom stereocenters. The average molecular weight is 152 g/mol. The molecule has 1 fully saturated rings. The largest absolute Gasteiger partial charge is 0.369 e. The third-order valence-corrected chi connectivity index (χ3v) is 2.85. The van der Waals surface area contributed by atoms with Gasteiger partial charge in [0.25, 0.3) is 0 Å². The monoisotopic (exact) mass is 152 g/mol. The van der Waals surface area contributed by atoms with Crippen LogP contribution in [0.1, 0.15) is 6.42 Å². The van der Waals surface area contributed by atoms with E-state index in [1.165, 1.54) is 0 Å². The number of fused-ring (bicyclic) bond motifs is 2. The average Bonchev–Trinajstić information content (AvgIpc) is 2.44. The summed E-state index contributed by atoms with van der Waals surface area (Å²) in [6.45, 7) is 0. The van der Waals surface area contributed by atoms with E-state index in [2.05, 4.69) is 12.2 Å². The Balaban J connectivity index is 2.25. The molecule has 0 aromatic carbocycles. The highest BCUT2D eigenvalue weighted by atomic mass is 16.1. The quantitative estimate of drug-likeness (QED) is 0.503. The van der Waals surface area contributed by atoms with Gasteiger partial charge in [-0.1, -0.05) is 12.2 Å². The summed E-state index contributed by atoms with van der Waals surface area (Å²) < 4.78 is 0. The highest BCUT2D eigenvalue weighted by Gasteiger charge is 2.45. The molecular formula is C8H12N2O. The van der Waals surface area contributed by atoms with E-state index < -0.39 is 0 Å². The van der Waals surface area contributed by atoms with E-state index in [9.17, 15) is 4.79 Å². The molecule has 1 saturated carbocycles. The molecule has 2 aliphatic rings. The van der Waals surface area contributed by atoms with Crippen LogP contribution in [0.3, 0.4) is 0 Å². The number of hydrogen-bond acceptors (Lipinski definition) is 2. The molecule has 2 bridgehead atoms. The Bertz CT molecular complexity index is 224. The van der Waals surface area contributed by atoms with E-state index in [1.807, 2.05) is 0 Å². The Kier molecular flexibility index (Phi) is 1.29. The van der Waals surface area contributed by atoms with Gasteiger partial charge in [0.1, 0.15) is 0 Å². The summed E-state index contributed by atoms with van der Waals surface area (Å²) in [6, 6.07) is -0.0255. The van der Waals surface area contributed by atoms with Crippen LogP contribution in [0.5, 0.6) is 0 Å². The van der Waals surface area contributed by atoms with Gasteiger partial charge in [-0.05, 0) is 18.3 Å². The highest BCUT2D eigenvalue weighted by molar-refractivity contribution is 5.79. The topological polar surface area (TPSA) is 69.1 Å². The molecule has 0 aromatic rings. The minimum absolute atomic E-state index is 0.0255. The van der Waals surface area contributed by atoms with Gasteiger partial charge in [0.05, 0.1) is 5.92 Å². The fourth-order valence-electron chi connectivity index (χ4n) is 2.26. The molecule has 4 atom stereocenters. The summed E-state index contributed by atoms with van der Waals surface area (Å²) in [4.78, 5) is 10.9. The lowest BCUT2D eigenvalue weighted by atomic mass is 9.89. The van der Waals surface area contributed by atoms with Crippen LogP contribution < -0.4 is 11.5 Å². The zero-order valence-corrected chi connectivity index (χ0v) is 6.23. The Morgan fingerprint density at radius 1 is 1.36 bits per heavy atom. The first-order valence-corrected chi connectivity index (χ1v) is 3.93. The maximum Gasteiger partial charge on any atom is 0.222 e. The maximum absolute atomic E-state index is 10.9. The van der Waals surface area contributed by atoms with Crippen LogP contribution >= 0.6 is 0 Å². The van der Waals surface area contributed by atoms with E-state index in [0.717, 1.165) is 6.42 Å². The van der Waals surface area contributed by atoms with Crippen molar-refractivity contribution in [2.45, 2.75) is 12.5 Å². The van der Waals surface area contributed by atoms with Crippen LogP contribution in [-0.4, -0.2) is 11.9 Å². The predicted molar refractivity (Wildman–Crippen MR) is 41.4 cm³/mol. The minimum atomic E-state index is -0.241. The molecule has 2 rings (SSSR count). The van der Waals surface area contributed by atoms with Crippen molar-refractivity contribution in [2.24, 2.45) is 29.2 Å². The molecule has 0 radical (unpaired) electrons. The Morgan fingerprint density at radius 2 is 2.00 bits per heavy atom. The fourth-order valence-corrected chi connectivity index (χ4v) is 2.26. The molecule has 3 heteroatoms. The number of rotatable bonds is 1. The van der Waals surface area contributed by atoms with Crippen molar-refractivity contribution >= 4 is 5.91 Å². The van der Waals surface area contributed by atoms with Crippen molar-refractivity contribution < 1.29 is 4.79 Å². The third-order valence-electron chi connectivity index (χ3n) is 2.85. The predicted octanol–water partition coefficient (Wildman–Crippen LogP) is -0.379. The second kappa shape index (κ2) is 2.08. The lowest BCUT2D eigenvalue weighted by molar-refractivity contribution is -0.122. The minimum Gasteiger partial charge on any atom is -0.369 e. The molecule has 0 spiro atoms. The van der Waals surface area contributed by atoms with Gasteiger partial charge in [0.2, 0.25) is 5.91 Å². The van der Waals surface area contributed by atoms with Crippen molar-refractivity contribution in [3.05, 3.63) is 12.2 Å². The van der Waals surface area contributed by atoms with Gasteiger partial charge < -0.3 is 11.5 Å². The van der Waals surface area contributed by atoms with Gasteiger partial charge in [-0.25, -0.2) is 0 Å². The van der Waals surface area contributed by atoms with Crippen molar-refractivity contribution in [3.8, 4) is 0 Å². The second-order valence-electron chi connectivity index (χ2n) is 3.45. The Labute approximate surface area is 65.4 Å². The zero-order valence-electron chi connectivity index (χ0n) is 6.23. The van der Waals surface area contributed by atoms with Crippen LogP contribution in [0.15, 0.2) is 12.2 Å². The van der Waals surface area contributed by atoms with E-state index in [0.29, 0.717) is 11.8 Å². The summed E-state index contributed by atoms with van der Waals surface area (Å²) in [5.74, 6) is 0.379. The molecule has 0 aliphatic heterocycles. The van der Waals surface area contributed by atoms with Gasteiger partial charge in [0, 0.05) is 6.04 Å². The molecule has 0 saturated heterocycles. The van der Waals surface area contributed by atoms with Crippen LogP contribution in [0, 0.1) is 17.8 Å². The first-order chi connectivity index (χ1) is 5.20. The molecule has 4 N–H and O–H groups in total. The highest BCUT2D eigenvalue weighted by Crippen LogP contribution is 2.42. The lowest BCUT2D eigenvalue weighted by Crippen LogP contribution is -2.41. The summed E-state index contributed by atoms with van der Waals surface area (Å²) >= 11 is 0. The summed E-state index contributed by atoms with van der Waals surface area (Å²) in [7, 11) is 0. The third kappa shape index (κ3) is 0.807. The van der Waals surface area contributed by atoms with Gasteiger partial charge in [0.15, 0.2) is 0 Å². The molecule has 11 heavy (non-hydrogen) atoms. The first kappa shape index (κ1) is 6.85. The number of primary amides is 1. The molecule has 3 nitrogen and oxygen atoms in total. The molecule has 60 valence electrons. The standard InChI is InChI=1S/C8H12N2O/c9-7-5-2-1-4(3-5)6(7)8(10)11/h1-2,4-7H,3,9H2,(H2,10,11)/t4-,5-,6+,7-/m1/s1. The number of nitrogens with two attached hydrogens (primary N) is 2. The number of carbonyl (C=O) groups excluding carboxylic acids is 1. The van der Waals surface area contributed by atoms with Crippen molar-refractivity contribution in [1.82, 2.24) is 0 Å². The smallest absolute Gasteiger partial charge is 0.222 e. The summed E-state index contributed by atoms with van der Waals surface area (Å²) in [5.41, 5.74) is 11.0. The van der Waals surface area contributed by atoms with E-state index in [4.69, 9.17) is 11.5 Å². The first-order valence-electron chi connectivity index (χ1n) is 3.93. The van der Waals surface area contributed by atoms with Gasteiger partial charge >= 0.3 is 0 Å². The Morgan fingerprint density at radius 3 is 2.36 bits per heavy atom. The maximum atomic E-state index is 10.9. The number of hydrogen-bond donors (Lipinski definition) is 2. The zero-order chi connectivity index (χ0) is 8.01. The van der Waals surface area contributed by atoms with Crippen molar-refractivity contribution in [3.63, 3.8) is 0 Å². The van der Waals surface area contributed by atoms with E-state index in [-0.39, 0.29) is 17.9 Å². The van der Waals surface area contributed by atoms with Crippen molar-refractivity contribution in [1.29, 1.82) is 0 Å². The van der Waals surface area contributed by atoms with Crippen LogP contribution in [-0.2, 0) is 4.79 Å². The molecule has 0 heterocycles. The lowest BCUT2D eigenvalue weighted by Gasteiger charge is -2.20. The number of amides is 1. The van der Waals surface area contributed by atoms with Gasteiger partial charge in [-0.2, -0.15) is 0 Å². The summed E-state index contributed by atoms with van der Waals surface area (Å²) in [6.07, 6.45) is 5.20. The van der Waals surface area contributed by atoms with Gasteiger partial charge in [-0.3, -0.25) is 4.79 Å². The van der Waals surface area contributed by atoms with Crippen molar-refractivity contribution in [2.75, 3.05) is 0 Å². The number of allylic oxidation sites excluding steroid dienone is 1. The van der Waals surface area contributed by atoms with Crippen LogP contribution in [0.25, 0.3) is 0 Å². The number of carbonyl (C=O) groups is 1. The Hall–Kier alpha value is -0.830. The van der Waals surface area contributed by atoms with E-state index in [1.54, 1.807) is 0 Å². The molecule has 1 amide bonds. The fraction of sp³-hybridized carbons (Fsp3) is 0.625. The summed E-state index contributed by atoms with van der Waals surface area (Å²) in [5, 5.41) is 0. The van der Waals surface area contributed by atoms with Crippen LogP contribution in [0.2, 0.25) is 0 Å². The van der Waals surface area contributed by atoms with Gasteiger partial charge in [-0.15, -0.1) is 0 Å². The molecular weight excluding hydrogens is 140 g/mol. The van der Waals surface area contributed by atoms with E-state index >= 15 is 0 Å². The molecule has 2 aliphatic carbocycles. The SMILES string of the molecule is NC(=O)[C@@H]1[C@H](N)[C@@H]2C=C[C@@H]1C2. The second-order valence-corrected chi connectivity index (χ2v) is 3.45. The van der Waals surface area contributed by atoms with Crippen LogP contribution in [0.4, 0.5) is 0 Å².